The number of rotatable bonds is 5. The van der Waals surface area contributed by atoms with E-state index in [1.807, 2.05) is 38.1 Å². The summed E-state index contributed by atoms with van der Waals surface area (Å²) in [7, 11) is -1.16. The average Bonchev–Trinajstić information content (AvgIpc) is 2.27. The Morgan fingerprint density at radius 1 is 1.38 bits per heavy atom. The number of hydrogen-bond acceptors (Lipinski definition) is 2. The molecule has 0 radical (unpaired) electrons. The van der Waals surface area contributed by atoms with Crippen molar-refractivity contribution in [1.29, 1.82) is 0 Å². The zero-order valence-corrected chi connectivity index (χ0v) is 10.5. The zero-order chi connectivity index (χ0) is 12.0. The molecular weight excluding hydrogens is 220 g/mol. The molecule has 0 spiro atoms. The Labute approximate surface area is 99.5 Å². The normalized spacial score (nSPS) is 15.2. The van der Waals surface area contributed by atoms with Gasteiger partial charge in [0.1, 0.15) is 0 Å². The summed E-state index contributed by atoms with van der Waals surface area (Å²) in [5.74, 6) is 0. The van der Waals surface area contributed by atoms with Crippen molar-refractivity contribution in [3.05, 3.63) is 41.3 Å². The van der Waals surface area contributed by atoms with Gasteiger partial charge in [-0.3, -0.25) is 0 Å². The van der Waals surface area contributed by atoms with Gasteiger partial charge >= 0.3 is 0 Å². The summed E-state index contributed by atoms with van der Waals surface area (Å²) in [5, 5.41) is 11.0. The Hall–Kier alpha value is -0.930. The number of aryl methyl sites for hydroxylation is 1. The number of hydrogen-bond donors (Lipinski definition) is 1. The van der Waals surface area contributed by atoms with Crippen molar-refractivity contribution < 1.29 is 9.32 Å². The second kappa shape index (κ2) is 6.61. The van der Waals surface area contributed by atoms with Crippen LogP contribution >= 0.6 is 0 Å². The van der Waals surface area contributed by atoms with E-state index >= 15 is 0 Å². The molecule has 1 unspecified atom stereocenters. The molecule has 0 aliphatic heterocycles. The van der Waals surface area contributed by atoms with Crippen molar-refractivity contribution in [2.24, 2.45) is 0 Å². The quantitative estimate of drug-likeness (QED) is 0.856. The number of aliphatic hydroxyl groups is 1. The molecule has 0 fully saturated rings. The van der Waals surface area contributed by atoms with Crippen LogP contribution in [0.1, 0.15) is 25.3 Å². The van der Waals surface area contributed by atoms with Crippen LogP contribution in [0.3, 0.4) is 0 Å². The van der Waals surface area contributed by atoms with Gasteiger partial charge in [-0.05, 0) is 31.6 Å². The predicted octanol–water partition coefficient (Wildman–Crippen LogP) is 2.78. The topological polar surface area (TPSA) is 37.3 Å². The van der Waals surface area contributed by atoms with E-state index in [2.05, 4.69) is 0 Å². The minimum atomic E-state index is -1.16. The summed E-state index contributed by atoms with van der Waals surface area (Å²) < 4.78 is 11.8. The van der Waals surface area contributed by atoms with Gasteiger partial charge in [-0.2, -0.15) is 0 Å². The van der Waals surface area contributed by atoms with Crippen LogP contribution in [0.2, 0.25) is 0 Å². The summed E-state index contributed by atoms with van der Waals surface area (Å²) >= 11 is 0. The molecule has 1 rings (SSSR count). The van der Waals surface area contributed by atoms with Crippen LogP contribution in [0, 0.1) is 6.92 Å². The van der Waals surface area contributed by atoms with Gasteiger partial charge in [-0.1, -0.05) is 31.0 Å². The lowest BCUT2D eigenvalue weighted by Gasteiger charge is -2.02. The average molecular weight is 238 g/mol. The van der Waals surface area contributed by atoms with E-state index in [0.29, 0.717) is 6.42 Å². The molecule has 1 aromatic rings. The molecule has 1 aromatic carbocycles. The summed E-state index contributed by atoms with van der Waals surface area (Å²) in [6, 6.07) is 7.57. The molecule has 3 heteroatoms. The minimum Gasteiger partial charge on any atom is -0.389 e. The first kappa shape index (κ1) is 13.1. The largest absolute Gasteiger partial charge is 0.389 e. The predicted molar refractivity (Wildman–Crippen MR) is 67.6 cm³/mol. The lowest BCUT2D eigenvalue weighted by molar-refractivity contribution is 0.212. The van der Waals surface area contributed by atoms with Crippen molar-refractivity contribution in [3.63, 3.8) is 0 Å². The van der Waals surface area contributed by atoms with Gasteiger partial charge in [0.25, 0.3) is 0 Å². The Kier molecular flexibility index (Phi) is 5.43. The van der Waals surface area contributed by atoms with Gasteiger partial charge in [0.2, 0.25) is 0 Å². The highest BCUT2D eigenvalue weighted by Crippen LogP contribution is 2.10. The van der Waals surface area contributed by atoms with E-state index in [-0.39, 0.29) is 0 Å². The molecular formula is C13H18O2S. The van der Waals surface area contributed by atoms with Crippen molar-refractivity contribution in [2.45, 2.75) is 37.7 Å². The summed E-state index contributed by atoms with van der Waals surface area (Å²) in [5.41, 5.74) is 1.15. The Morgan fingerprint density at radius 3 is 2.56 bits per heavy atom. The molecule has 2 nitrogen and oxygen atoms in total. The summed E-state index contributed by atoms with van der Waals surface area (Å²) in [6.45, 7) is 4.00. The molecule has 0 saturated carbocycles. The maximum absolute atomic E-state index is 11.8. The fraction of sp³-hybridized carbons (Fsp3) is 0.385. The van der Waals surface area contributed by atoms with Crippen LogP contribution < -0.4 is 0 Å². The van der Waals surface area contributed by atoms with Gasteiger partial charge in [-0.25, -0.2) is 4.21 Å². The van der Waals surface area contributed by atoms with E-state index < -0.39 is 16.9 Å². The molecule has 16 heavy (non-hydrogen) atoms. The monoisotopic (exact) mass is 238 g/mol. The molecule has 0 bridgehead atoms. The molecule has 0 heterocycles. The van der Waals surface area contributed by atoms with E-state index in [1.165, 1.54) is 0 Å². The van der Waals surface area contributed by atoms with Crippen LogP contribution in [-0.2, 0) is 10.8 Å². The fourth-order valence-corrected chi connectivity index (χ4v) is 2.19. The smallest absolute Gasteiger partial charge is 0.0773 e. The zero-order valence-electron chi connectivity index (χ0n) is 9.72. The van der Waals surface area contributed by atoms with Crippen LogP contribution in [0.5, 0.6) is 0 Å². The van der Waals surface area contributed by atoms with Gasteiger partial charge in [-0.15, -0.1) is 0 Å². The van der Waals surface area contributed by atoms with Crippen molar-refractivity contribution in [2.75, 3.05) is 0 Å². The van der Waals surface area contributed by atoms with E-state index in [4.69, 9.17) is 0 Å². The summed E-state index contributed by atoms with van der Waals surface area (Å²) in [4.78, 5) is 0.769. The van der Waals surface area contributed by atoms with Crippen molar-refractivity contribution in [3.8, 4) is 0 Å². The Morgan fingerprint density at radius 2 is 2.00 bits per heavy atom. The molecule has 0 aromatic heterocycles. The molecule has 0 aliphatic carbocycles. The Bertz CT molecular complexity index is 368. The van der Waals surface area contributed by atoms with Gasteiger partial charge in [0.15, 0.2) is 0 Å². The fourth-order valence-electron chi connectivity index (χ4n) is 1.31. The third-order valence-corrected chi connectivity index (χ3v) is 3.40. The van der Waals surface area contributed by atoms with Gasteiger partial charge < -0.3 is 5.11 Å². The third kappa shape index (κ3) is 4.29. The van der Waals surface area contributed by atoms with Crippen LogP contribution in [0.15, 0.2) is 40.6 Å². The summed E-state index contributed by atoms with van der Waals surface area (Å²) in [6.07, 6.45) is 2.75. The molecule has 0 amide bonds. The molecule has 0 saturated heterocycles. The van der Waals surface area contributed by atoms with Crippen molar-refractivity contribution in [1.82, 2.24) is 0 Å². The van der Waals surface area contributed by atoms with E-state index in [1.54, 1.807) is 11.5 Å². The molecule has 88 valence electrons. The minimum absolute atomic E-state index is 0.487. The van der Waals surface area contributed by atoms with Crippen LogP contribution in [-0.4, -0.2) is 15.4 Å². The highest BCUT2D eigenvalue weighted by Gasteiger charge is 2.01. The van der Waals surface area contributed by atoms with Crippen LogP contribution in [0.25, 0.3) is 0 Å². The first-order valence-corrected chi connectivity index (χ1v) is 6.68. The number of benzene rings is 1. The standard InChI is InChI=1S/C13H18O2S/c1-3-4-12(14)9-10-16(15)13-7-5-11(2)6-8-13/h5-10,12,14H,3-4H2,1-2H3/b10-9+/t12-,16?/m1/s1. The molecule has 2 atom stereocenters. The lowest BCUT2D eigenvalue weighted by atomic mass is 10.2. The van der Waals surface area contributed by atoms with Gasteiger partial charge in [0.05, 0.1) is 16.9 Å². The first-order chi connectivity index (χ1) is 7.63. The third-order valence-electron chi connectivity index (χ3n) is 2.26. The maximum atomic E-state index is 11.8. The number of aliphatic hydroxyl groups excluding tert-OH is 1. The first-order valence-electron chi connectivity index (χ1n) is 5.47. The maximum Gasteiger partial charge on any atom is 0.0773 e. The van der Waals surface area contributed by atoms with E-state index in [9.17, 15) is 9.32 Å². The highest BCUT2D eigenvalue weighted by atomic mass is 32.2. The Balaban J connectivity index is 2.62. The van der Waals surface area contributed by atoms with Crippen molar-refractivity contribution >= 4 is 10.8 Å². The van der Waals surface area contributed by atoms with E-state index in [0.717, 1.165) is 16.9 Å². The second-order valence-corrected chi connectivity index (χ2v) is 5.13. The molecule has 0 aliphatic rings. The van der Waals surface area contributed by atoms with Gasteiger partial charge in [0, 0.05) is 10.3 Å². The second-order valence-electron chi connectivity index (χ2n) is 3.80. The molecule has 1 N–H and O–H groups in total. The highest BCUT2D eigenvalue weighted by molar-refractivity contribution is 7.88. The van der Waals surface area contributed by atoms with Crippen LogP contribution in [0.4, 0.5) is 0 Å². The lowest BCUT2D eigenvalue weighted by Crippen LogP contribution is -2.01. The SMILES string of the molecule is CCC[C@@H](O)/C=C/S(=O)c1ccc(C)cc1.